The van der Waals surface area contributed by atoms with E-state index in [1.165, 1.54) is 6.20 Å². The van der Waals surface area contributed by atoms with Crippen molar-refractivity contribution in [3.8, 4) is 0 Å². The quantitative estimate of drug-likeness (QED) is 0.863. The molecule has 0 aromatic carbocycles. The fraction of sp³-hybridized carbons (Fsp3) is 0.583. The molecular formula is C12H19N3O2S2. The highest BCUT2D eigenvalue weighted by Crippen LogP contribution is 2.31. The average molecular weight is 301 g/mol. The van der Waals surface area contributed by atoms with Crippen molar-refractivity contribution >= 4 is 27.5 Å². The molecule has 1 saturated carbocycles. The van der Waals surface area contributed by atoms with Gasteiger partial charge in [-0.3, -0.25) is 0 Å². The fourth-order valence-electron chi connectivity index (χ4n) is 2.36. The number of thioether (sulfide) groups is 1. The number of anilines is 1. The van der Waals surface area contributed by atoms with E-state index in [-0.39, 0.29) is 16.8 Å². The van der Waals surface area contributed by atoms with Crippen LogP contribution in [0.1, 0.15) is 26.2 Å². The summed E-state index contributed by atoms with van der Waals surface area (Å²) in [6.07, 6.45) is 4.44. The molecule has 0 saturated heterocycles. The minimum atomic E-state index is -3.63. The first-order chi connectivity index (χ1) is 9.04. The summed E-state index contributed by atoms with van der Waals surface area (Å²) in [6, 6.07) is 3.16. The standard InChI is InChI=1S/C12H19N3O2S2/c1-2-18-11-7-3-6-10(11)15-19(16,17)12-9(13)5-4-8-14-12/h4-5,8,10-11,15H,2-3,6-7,13H2,1H3. The molecule has 1 fully saturated rings. The van der Waals surface area contributed by atoms with E-state index in [1.54, 1.807) is 12.1 Å². The van der Waals surface area contributed by atoms with E-state index >= 15 is 0 Å². The monoisotopic (exact) mass is 301 g/mol. The van der Waals surface area contributed by atoms with Crippen LogP contribution in [0.5, 0.6) is 0 Å². The van der Waals surface area contributed by atoms with Crippen LogP contribution in [0.2, 0.25) is 0 Å². The fourth-order valence-corrected chi connectivity index (χ4v) is 5.01. The Morgan fingerprint density at radius 1 is 1.53 bits per heavy atom. The molecule has 0 spiro atoms. The number of nitrogens with one attached hydrogen (secondary N) is 1. The summed E-state index contributed by atoms with van der Waals surface area (Å²) in [4.78, 5) is 3.88. The summed E-state index contributed by atoms with van der Waals surface area (Å²) in [7, 11) is -3.63. The van der Waals surface area contributed by atoms with Crippen LogP contribution in [-0.4, -0.2) is 30.4 Å². The highest BCUT2D eigenvalue weighted by Gasteiger charge is 2.32. The van der Waals surface area contributed by atoms with Gasteiger partial charge >= 0.3 is 0 Å². The SMILES string of the molecule is CCSC1CCCC1NS(=O)(=O)c1ncccc1N. The number of nitrogens with zero attached hydrogens (tertiary/aromatic N) is 1. The van der Waals surface area contributed by atoms with E-state index < -0.39 is 10.0 Å². The van der Waals surface area contributed by atoms with Crippen LogP contribution >= 0.6 is 11.8 Å². The van der Waals surface area contributed by atoms with E-state index in [4.69, 9.17) is 5.73 Å². The van der Waals surface area contributed by atoms with E-state index in [2.05, 4.69) is 16.6 Å². The highest BCUT2D eigenvalue weighted by atomic mass is 32.2. The number of nitrogens with two attached hydrogens (primary N) is 1. The van der Waals surface area contributed by atoms with E-state index in [9.17, 15) is 8.42 Å². The topological polar surface area (TPSA) is 85.1 Å². The average Bonchev–Trinajstić information content (AvgIpc) is 2.77. The summed E-state index contributed by atoms with van der Waals surface area (Å²) in [5.41, 5.74) is 5.88. The molecule has 0 aliphatic heterocycles. The largest absolute Gasteiger partial charge is 0.396 e. The molecule has 1 aliphatic rings. The van der Waals surface area contributed by atoms with Crippen molar-refractivity contribution in [1.29, 1.82) is 0 Å². The van der Waals surface area contributed by atoms with Crippen LogP contribution in [-0.2, 0) is 10.0 Å². The molecule has 1 aromatic heterocycles. The number of nitrogen functional groups attached to an aromatic ring is 1. The van der Waals surface area contributed by atoms with Gasteiger partial charge in [0.15, 0.2) is 5.03 Å². The molecule has 0 bridgehead atoms. The zero-order chi connectivity index (χ0) is 13.9. The minimum absolute atomic E-state index is 0.0173. The van der Waals surface area contributed by atoms with Crippen LogP contribution in [0.15, 0.2) is 23.4 Å². The predicted molar refractivity (Wildman–Crippen MR) is 78.5 cm³/mol. The lowest BCUT2D eigenvalue weighted by Crippen LogP contribution is -2.39. The van der Waals surface area contributed by atoms with Gasteiger partial charge in [-0.1, -0.05) is 13.3 Å². The van der Waals surface area contributed by atoms with E-state index in [1.807, 2.05) is 11.8 Å². The molecule has 1 heterocycles. The van der Waals surface area contributed by atoms with Gasteiger partial charge in [-0.05, 0) is 30.7 Å². The van der Waals surface area contributed by atoms with Gasteiger partial charge < -0.3 is 5.73 Å². The maximum absolute atomic E-state index is 12.3. The number of pyridine rings is 1. The maximum Gasteiger partial charge on any atom is 0.260 e. The minimum Gasteiger partial charge on any atom is -0.396 e. The Hall–Kier alpha value is -0.790. The Bertz CT molecular complexity index is 534. The van der Waals surface area contributed by atoms with Crippen molar-refractivity contribution in [3.63, 3.8) is 0 Å². The predicted octanol–water partition coefficient (Wildman–Crippen LogP) is 1.62. The molecule has 19 heavy (non-hydrogen) atoms. The van der Waals surface area contributed by atoms with Gasteiger partial charge in [-0.15, -0.1) is 0 Å². The maximum atomic E-state index is 12.3. The molecule has 7 heteroatoms. The summed E-state index contributed by atoms with van der Waals surface area (Å²) in [5, 5.41) is 0.284. The van der Waals surface area contributed by atoms with Gasteiger partial charge in [0.25, 0.3) is 10.0 Å². The molecule has 2 atom stereocenters. The molecule has 1 aromatic rings. The van der Waals surface area contributed by atoms with Crippen molar-refractivity contribution in [2.75, 3.05) is 11.5 Å². The Morgan fingerprint density at radius 3 is 3.00 bits per heavy atom. The van der Waals surface area contributed by atoms with Crippen molar-refractivity contribution in [2.24, 2.45) is 0 Å². The van der Waals surface area contributed by atoms with Crippen molar-refractivity contribution in [1.82, 2.24) is 9.71 Å². The van der Waals surface area contributed by atoms with Crippen LogP contribution in [0, 0.1) is 0 Å². The smallest absolute Gasteiger partial charge is 0.260 e. The lowest BCUT2D eigenvalue weighted by atomic mass is 10.3. The Morgan fingerprint density at radius 2 is 2.32 bits per heavy atom. The van der Waals surface area contributed by atoms with Gasteiger partial charge in [0.05, 0.1) is 5.69 Å². The zero-order valence-corrected chi connectivity index (χ0v) is 12.5. The lowest BCUT2D eigenvalue weighted by Gasteiger charge is -2.20. The third kappa shape index (κ3) is 3.40. The van der Waals surface area contributed by atoms with E-state index in [0.29, 0.717) is 5.25 Å². The Balaban J connectivity index is 2.16. The van der Waals surface area contributed by atoms with Crippen LogP contribution in [0.3, 0.4) is 0 Å². The van der Waals surface area contributed by atoms with Gasteiger partial charge in [-0.2, -0.15) is 11.8 Å². The summed E-state index contributed by atoms with van der Waals surface area (Å²) < 4.78 is 27.3. The first-order valence-electron chi connectivity index (χ1n) is 6.39. The first kappa shape index (κ1) is 14.6. The second-order valence-corrected chi connectivity index (χ2v) is 7.70. The molecule has 106 valence electrons. The Kier molecular flexibility index (Phi) is 4.70. The molecule has 0 radical (unpaired) electrons. The normalized spacial score (nSPS) is 23.6. The number of sulfonamides is 1. The summed E-state index contributed by atoms with van der Waals surface area (Å²) in [6.45, 7) is 2.09. The number of aromatic nitrogens is 1. The zero-order valence-electron chi connectivity index (χ0n) is 10.9. The van der Waals surface area contributed by atoms with Crippen molar-refractivity contribution in [3.05, 3.63) is 18.3 Å². The highest BCUT2D eigenvalue weighted by molar-refractivity contribution is 8.00. The van der Waals surface area contributed by atoms with Crippen molar-refractivity contribution < 1.29 is 8.42 Å². The van der Waals surface area contributed by atoms with Crippen LogP contribution in [0.25, 0.3) is 0 Å². The first-order valence-corrected chi connectivity index (χ1v) is 8.92. The van der Waals surface area contributed by atoms with Gasteiger partial charge in [0.2, 0.25) is 0 Å². The van der Waals surface area contributed by atoms with Crippen LogP contribution < -0.4 is 10.5 Å². The molecule has 0 amide bonds. The number of rotatable bonds is 5. The Labute approximate surface area is 118 Å². The molecule has 2 rings (SSSR count). The summed E-state index contributed by atoms with van der Waals surface area (Å²) >= 11 is 1.81. The second-order valence-electron chi connectivity index (χ2n) is 4.55. The second kappa shape index (κ2) is 6.11. The lowest BCUT2D eigenvalue weighted by molar-refractivity contribution is 0.552. The molecule has 3 N–H and O–H groups in total. The number of hydrogen-bond acceptors (Lipinski definition) is 5. The van der Waals surface area contributed by atoms with Crippen molar-refractivity contribution in [2.45, 2.75) is 42.5 Å². The van der Waals surface area contributed by atoms with Gasteiger partial charge in [0.1, 0.15) is 0 Å². The van der Waals surface area contributed by atoms with Gasteiger partial charge in [-0.25, -0.2) is 18.1 Å². The van der Waals surface area contributed by atoms with Crippen LogP contribution in [0.4, 0.5) is 5.69 Å². The molecule has 5 nitrogen and oxygen atoms in total. The van der Waals surface area contributed by atoms with E-state index in [0.717, 1.165) is 25.0 Å². The third-order valence-corrected chi connectivity index (χ3v) is 5.98. The van der Waals surface area contributed by atoms with Gasteiger partial charge in [0, 0.05) is 17.5 Å². The molecule has 1 aliphatic carbocycles. The molecular weight excluding hydrogens is 282 g/mol. The summed E-state index contributed by atoms with van der Waals surface area (Å²) in [5.74, 6) is 0.995. The third-order valence-electron chi connectivity index (χ3n) is 3.19. The number of hydrogen-bond donors (Lipinski definition) is 2. The molecule has 2 unspecified atom stereocenters.